The van der Waals surface area contributed by atoms with Gasteiger partial charge in [-0.2, -0.15) is 0 Å². The molecule has 2 aliphatic rings. The maximum Gasteiger partial charge on any atom is 0.263 e. The Bertz CT molecular complexity index is 509. The maximum absolute atomic E-state index is 12.5. The van der Waals surface area contributed by atoms with Gasteiger partial charge in [0.25, 0.3) is 5.91 Å². The highest BCUT2D eigenvalue weighted by Gasteiger charge is 2.30. The molecule has 1 amide bonds. The van der Waals surface area contributed by atoms with Gasteiger partial charge in [0.15, 0.2) is 6.10 Å². The number of carbonyl (C=O) groups excluding carboxylic acids is 1. The van der Waals surface area contributed by atoms with Crippen LogP contribution in [0.25, 0.3) is 0 Å². The number of hydrogen-bond donors (Lipinski definition) is 0. The normalized spacial score (nSPS) is 22.6. The van der Waals surface area contributed by atoms with Crippen molar-refractivity contribution in [1.29, 1.82) is 0 Å². The second-order valence-electron chi connectivity index (χ2n) is 5.37. The Morgan fingerprint density at radius 1 is 1.32 bits per heavy atom. The molecule has 3 heteroatoms. The van der Waals surface area contributed by atoms with E-state index in [1.165, 1.54) is 5.56 Å². The highest BCUT2D eigenvalue weighted by atomic mass is 16.5. The molecule has 100 valence electrons. The summed E-state index contributed by atoms with van der Waals surface area (Å²) in [7, 11) is 0. The van der Waals surface area contributed by atoms with Crippen molar-refractivity contribution in [2.45, 2.75) is 31.8 Å². The molecule has 0 N–H and O–H groups in total. The number of aryl methyl sites for hydroxylation is 1. The first-order valence-corrected chi connectivity index (χ1v) is 6.94. The Kier molecular flexibility index (Phi) is 3.28. The molecule has 1 saturated heterocycles. The summed E-state index contributed by atoms with van der Waals surface area (Å²) in [6.45, 7) is 5.52. The van der Waals surface area contributed by atoms with E-state index in [1.54, 1.807) is 0 Å². The lowest BCUT2D eigenvalue weighted by atomic mass is 10.00. The number of para-hydroxylation sites is 1. The molecular formula is C16H19NO2. The van der Waals surface area contributed by atoms with Gasteiger partial charge in [0.2, 0.25) is 0 Å². The van der Waals surface area contributed by atoms with Gasteiger partial charge in [-0.25, -0.2) is 0 Å². The maximum atomic E-state index is 12.5. The second kappa shape index (κ2) is 5.08. The number of benzene rings is 1. The molecule has 1 atom stereocenters. The largest absolute Gasteiger partial charge is 0.480 e. The summed E-state index contributed by atoms with van der Waals surface area (Å²) in [5.41, 5.74) is 2.35. The zero-order valence-electron chi connectivity index (χ0n) is 11.1. The van der Waals surface area contributed by atoms with Crippen LogP contribution in [0.5, 0.6) is 5.75 Å². The lowest BCUT2D eigenvalue weighted by Gasteiger charge is -2.33. The van der Waals surface area contributed by atoms with Crippen molar-refractivity contribution in [3.8, 4) is 5.75 Å². The quantitative estimate of drug-likeness (QED) is 0.724. The van der Waals surface area contributed by atoms with E-state index in [9.17, 15) is 4.79 Å². The molecule has 1 aromatic rings. The van der Waals surface area contributed by atoms with Crippen molar-refractivity contribution in [2.24, 2.45) is 0 Å². The van der Waals surface area contributed by atoms with Crippen molar-refractivity contribution in [1.82, 2.24) is 4.90 Å². The third kappa shape index (κ3) is 2.50. The first-order chi connectivity index (χ1) is 9.24. The highest BCUT2D eigenvalue weighted by molar-refractivity contribution is 5.82. The molecule has 19 heavy (non-hydrogen) atoms. The smallest absolute Gasteiger partial charge is 0.263 e. The van der Waals surface area contributed by atoms with Gasteiger partial charge >= 0.3 is 0 Å². The molecule has 0 bridgehead atoms. The molecule has 3 nitrogen and oxygen atoms in total. The van der Waals surface area contributed by atoms with Crippen LogP contribution >= 0.6 is 0 Å². The Labute approximate surface area is 113 Å². The van der Waals surface area contributed by atoms with E-state index in [0.717, 1.165) is 43.6 Å². The summed E-state index contributed by atoms with van der Waals surface area (Å²) in [6.07, 6.45) is 3.44. The number of fused-ring (bicyclic) bond motifs is 1. The Hall–Kier alpha value is -1.77. The number of hydrogen-bond acceptors (Lipinski definition) is 2. The lowest BCUT2D eigenvalue weighted by Crippen LogP contribution is -2.46. The molecule has 0 aromatic heterocycles. The van der Waals surface area contributed by atoms with E-state index in [0.29, 0.717) is 6.54 Å². The number of rotatable bonds is 1. The SMILES string of the molecule is C=C1CCCN(C(=O)[C@H]2CCc3ccccc3O2)C1. The molecule has 1 fully saturated rings. The van der Waals surface area contributed by atoms with Gasteiger partial charge < -0.3 is 9.64 Å². The van der Waals surface area contributed by atoms with E-state index >= 15 is 0 Å². The molecule has 2 aliphatic heterocycles. The summed E-state index contributed by atoms with van der Waals surface area (Å²) >= 11 is 0. The van der Waals surface area contributed by atoms with E-state index in [-0.39, 0.29) is 12.0 Å². The number of ether oxygens (including phenoxy) is 1. The van der Waals surface area contributed by atoms with Crippen LogP contribution in [-0.2, 0) is 11.2 Å². The molecule has 0 saturated carbocycles. The fourth-order valence-corrected chi connectivity index (χ4v) is 2.84. The van der Waals surface area contributed by atoms with Crippen molar-refractivity contribution in [2.75, 3.05) is 13.1 Å². The number of carbonyl (C=O) groups is 1. The third-order valence-corrected chi connectivity index (χ3v) is 3.88. The van der Waals surface area contributed by atoms with Gasteiger partial charge in [-0.3, -0.25) is 4.79 Å². The average Bonchev–Trinajstić information content (AvgIpc) is 2.46. The molecule has 0 unspecified atom stereocenters. The minimum absolute atomic E-state index is 0.121. The molecule has 1 aromatic carbocycles. The van der Waals surface area contributed by atoms with Crippen molar-refractivity contribution < 1.29 is 9.53 Å². The van der Waals surface area contributed by atoms with E-state index in [4.69, 9.17) is 4.74 Å². The molecule has 0 radical (unpaired) electrons. The summed E-state index contributed by atoms with van der Waals surface area (Å²) < 4.78 is 5.86. The predicted molar refractivity (Wildman–Crippen MR) is 74.1 cm³/mol. The highest BCUT2D eigenvalue weighted by Crippen LogP contribution is 2.28. The summed E-state index contributed by atoms with van der Waals surface area (Å²) in [6, 6.07) is 7.98. The minimum Gasteiger partial charge on any atom is -0.480 e. The monoisotopic (exact) mass is 257 g/mol. The number of amides is 1. The molecule has 3 rings (SSSR count). The van der Waals surface area contributed by atoms with Crippen molar-refractivity contribution in [3.63, 3.8) is 0 Å². The molecule has 0 aliphatic carbocycles. The fourth-order valence-electron chi connectivity index (χ4n) is 2.84. The van der Waals surface area contributed by atoms with Gasteiger partial charge in [0.1, 0.15) is 5.75 Å². The van der Waals surface area contributed by atoms with Crippen LogP contribution in [0.1, 0.15) is 24.8 Å². The van der Waals surface area contributed by atoms with Gasteiger partial charge in [-0.15, -0.1) is 0 Å². The molecule has 0 spiro atoms. The second-order valence-corrected chi connectivity index (χ2v) is 5.37. The molecular weight excluding hydrogens is 238 g/mol. The first-order valence-electron chi connectivity index (χ1n) is 6.94. The van der Waals surface area contributed by atoms with Crippen LogP contribution in [0.4, 0.5) is 0 Å². The standard InChI is InChI=1S/C16H19NO2/c1-12-5-4-10-17(11-12)16(18)15-9-8-13-6-2-3-7-14(13)19-15/h2-3,6-7,15H,1,4-5,8-11H2/t15-/m1/s1. The first kappa shape index (κ1) is 12.3. The zero-order valence-corrected chi connectivity index (χ0v) is 11.1. The van der Waals surface area contributed by atoms with E-state index in [1.807, 2.05) is 23.1 Å². The van der Waals surface area contributed by atoms with Crippen molar-refractivity contribution in [3.05, 3.63) is 42.0 Å². The van der Waals surface area contributed by atoms with Crippen molar-refractivity contribution >= 4 is 5.91 Å². The van der Waals surface area contributed by atoms with Crippen LogP contribution < -0.4 is 4.74 Å². The lowest BCUT2D eigenvalue weighted by molar-refractivity contribution is -0.139. The minimum atomic E-state index is -0.319. The van der Waals surface area contributed by atoms with Gasteiger partial charge in [-0.1, -0.05) is 30.4 Å². The average molecular weight is 257 g/mol. The number of nitrogens with zero attached hydrogens (tertiary/aromatic N) is 1. The van der Waals surface area contributed by atoms with Gasteiger partial charge in [0.05, 0.1) is 0 Å². The fraction of sp³-hybridized carbons (Fsp3) is 0.438. The van der Waals surface area contributed by atoms with Gasteiger partial charge in [-0.05, 0) is 37.3 Å². The molecule has 2 heterocycles. The number of likely N-dealkylation sites (tertiary alicyclic amines) is 1. The third-order valence-electron chi connectivity index (χ3n) is 3.88. The van der Waals surface area contributed by atoms with Crippen LogP contribution in [0.2, 0.25) is 0 Å². The Balaban J connectivity index is 1.70. The van der Waals surface area contributed by atoms with E-state index in [2.05, 4.69) is 12.6 Å². The predicted octanol–water partition coefficient (Wildman–Crippen LogP) is 2.56. The van der Waals surface area contributed by atoms with Crippen LogP contribution in [-0.4, -0.2) is 30.0 Å². The summed E-state index contributed by atoms with van der Waals surface area (Å²) in [5.74, 6) is 0.985. The van der Waals surface area contributed by atoms with E-state index < -0.39 is 0 Å². The Morgan fingerprint density at radius 2 is 2.16 bits per heavy atom. The topological polar surface area (TPSA) is 29.5 Å². The van der Waals surface area contributed by atoms with Crippen LogP contribution in [0.15, 0.2) is 36.4 Å². The van der Waals surface area contributed by atoms with Gasteiger partial charge in [0, 0.05) is 13.1 Å². The summed E-state index contributed by atoms with van der Waals surface area (Å²) in [5, 5.41) is 0. The Morgan fingerprint density at radius 3 is 3.00 bits per heavy atom. The van der Waals surface area contributed by atoms with Crippen LogP contribution in [0, 0.1) is 0 Å². The van der Waals surface area contributed by atoms with Crippen LogP contribution in [0.3, 0.4) is 0 Å². The zero-order chi connectivity index (χ0) is 13.2. The number of piperidine rings is 1. The summed E-state index contributed by atoms with van der Waals surface area (Å²) in [4.78, 5) is 14.4.